The highest BCUT2D eigenvalue weighted by Gasteiger charge is 2.14. The van der Waals surface area contributed by atoms with Crippen molar-refractivity contribution in [2.75, 3.05) is 13.7 Å². The minimum absolute atomic E-state index is 0.0604. The maximum Gasteiger partial charge on any atom is 0.202 e. The van der Waals surface area contributed by atoms with Crippen molar-refractivity contribution in [2.45, 2.75) is 6.92 Å². The third kappa shape index (κ3) is 3.01. The summed E-state index contributed by atoms with van der Waals surface area (Å²) in [6.07, 6.45) is 1.69. The van der Waals surface area contributed by atoms with Gasteiger partial charge < -0.3 is 14.5 Å². The topological polar surface area (TPSA) is 68.4 Å². The number of hydrogen-bond acceptors (Lipinski definition) is 4. The van der Waals surface area contributed by atoms with Gasteiger partial charge in [0.2, 0.25) is 5.78 Å². The average Bonchev–Trinajstić information content (AvgIpc) is 3.03. The van der Waals surface area contributed by atoms with Crippen molar-refractivity contribution in [3.05, 3.63) is 59.8 Å². The maximum absolute atomic E-state index is 12.4. The Kier molecular flexibility index (Phi) is 4.33. The lowest BCUT2D eigenvalue weighted by molar-refractivity contribution is 0.0920. The highest BCUT2D eigenvalue weighted by molar-refractivity contribution is 6.08. The molecule has 0 spiro atoms. The highest BCUT2D eigenvalue weighted by atomic mass is 16.5. The van der Waals surface area contributed by atoms with E-state index >= 15 is 0 Å². The van der Waals surface area contributed by atoms with E-state index in [0.717, 1.165) is 10.9 Å². The number of ketones is 2. The maximum atomic E-state index is 12.4. The van der Waals surface area contributed by atoms with Gasteiger partial charge in [-0.25, -0.2) is 0 Å². The zero-order chi connectivity index (χ0) is 17.1. The number of carbonyl (C=O) groups excluding carboxylic acids is 2. The molecule has 3 aromatic rings. The van der Waals surface area contributed by atoms with Crippen LogP contribution in [-0.4, -0.2) is 30.3 Å². The van der Waals surface area contributed by atoms with Crippen molar-refractivity contribution in [3.63, 3.8) is 0 Å². The highest BCUT2D eigenvalue weighted by Crippen LogP contribution is 2.28. The Balaban J connectivity index is 1.78. The van der Waals surface area contributed by atoms with Crippen LogP contribution < -0.4 is 9.47 Å². The van der Waals surface area contributed by atoms with Gasteiger partial charge in [-0.2, -0.15) is 0 Å². The van der Waals surface area contributed by atoms with Gasteiger partial charge in [0.05, 0.1) is 7.11 Å². The van der Waals surface area contributed by atoms with Crippen LogP contribution >= 0.6 is 0 Å². The number of aromatic amines is 1. The number of aromatic nitrogens is 1. The van der Waals surface area contributed by atoms with E-state index in [-0.39, 0.29) is 18.2 Å². The second-order valence-corrected chi connectivity index (χ2v) is 5.38. The minimum atomic E-state index is -0.134. The monoisotopic (exact) mass is 323 g/mol. The predicted octanol–water partition coefficient (Wildman–Crippen LogP) is 3.64. The van der Waals surface area contributed by atoms with Gasteiger partial charge in [-0.05, 0) is 31.2 Å². The van der Waals surface area contributed by atoms with Crippen LogP contribution in [0.25, 0.3) is 10.9 Å². The van der Waals surface area contributed by atoms with Crippen LogP contribution in [0, 0.1) is 0 Å². The van der Waals surface area contributed by atoms with E-state index in [1.807, 2.05) is 24.3 Å². The van der Waals surface area contributed by atoms with E-state index in [1.165, 1.54) is 14.0 Å². The molecule has 5 nitrogen and oxygen atoms in total. The molecule has 24 heavy (non-hydrogen) atoms. The smallest absolute Gasteiger partial charge is 0.202 e. The van der Waals surface area contributed by atoms with Crippen LogP contribution in [0.2, 0.25) is 0 Å². The molecule has 1 heterocycles. The lowest BCUT2D eigenvalue weighted by Crippen LogP contribution is -2.12. The zero-order valence-corrected chi connectivity index (χ0v) is 13.5. The number of para-hydroxylation sites is 1. The first kappa shape index (κ1) is 15.8. The average molecular weight is 323 g/mol. The van der Waals surface area contributed by atoms with Crippen molar-refractivity contribution in [1.82, 2.24) is 4.98 Å². The minimum Gasteiger partial charge on any atom is -0.493 e. The summed E-state index contributed by atoms with van der Waals surface area (Å²) in [5.74, 6) is 0.657. The molecule has 0 atom stereocenters. The number of carbonyl (C=O) groups is 2. The van der Waals surface area contributed by atoms with Gasteiger partial charge >= 0.3 is 0 Å². The summed E-state index contributed by atoms with van der Waals surface area (Å²) >= 11 is 0. The summed E-state index contributed by atoms with van der Waals surface area (Å²) in [6.45, 7) is 1.37. The standard InChI is InChI=1S/C19H17NO4/c1-12(21)13-7-8-18(19(9-13)23-2)24-11-17(22)15-10-20-16-6-4-3-5-14(15)16/h3-10,20H,11H2,1-2H3. The Hall–Kier alpha value is -3.08. The first-order chi connectivity index (χ1) is 11.6. The molecule has 1 aromatic heterocycles. The van der Waals surface area contributed by atoms with Gasteiger partial charge in [0, 0.05) is 28.2 Å². The first-order valence-electron chi connectivity index (χ1n) is 7.51. The van der Waals surface area contributed by atoms with E-state index in [0.29, 0.717) is 22.6 Å². The molecule has 3 rings (SSSR count). The lowest BCUT2D eigenvalue weighted by atomic mass is 10.1. The molecule has 0 aliphatic carbocycles. The number of nitrogens with one attached hydrogen (secondary N) is 1. The normalized spacial score (nSPS) is 10.6. The molecule has 1 N–H and O–H groups in total. The molecular formula is C19H17NO4. The molecule has 0 aliphatic rings. The fourth-order valence-corrected chi connectivity index (χ4v) is 2.53. The number of methoxy groups -OCH3 is 1. The van der Waals surface area contributed by atoms with Crippen LogP contribution in [0.4, 0.5) is 0 Å². The molecule has 0 radical (unpaired) electrons. The lowest BCUT2D eigenvalue weighted by Gasteiger charge is -2.11. The molecule has 0 fully saturated rings. The molecule has 122 valence electrons. The Morgan fingerprint density at radius 1 is 1.08 bits per heavy atom. The van der Waals surface area contributed by atoms with E-state index < -0.39 is 0 Å². The number of benzene rings is 2. The van der Waals surface area contributed by atoms with Gasteiger partial charge in [0.15, 0.2) is 23.9 Å². The van der Waals surface area contributed by atoms with E-state index in [2.05, 4.69) is 4.98 Å². The van der Waals surface area contributed by atoms with Gasteiger partial charge in [0.25, 0.3) is 0 Å². The number of rotatable bonds is 6. The van der Waals surface area contributed by atoms with Crippen LogP contribution in [0.1, 0.15) is 27.6 Å². The summed E-state index contributed by atoms with van der Waals surface area (Å²) in [5.41, 5.74) is 2.02. The number of hydrogen-bond donors (Lipinski definition) is 1. The van der Waals surface area contributed by atoms with Crippen molar-refractivity contribution >= 4 is 22.5 Å². The van der Waals surface area contributed by atoms with Crippen molar-refractivity contribution in [2.24, 2.45) is 0 Å². The van der Waals surface area contributed by atoms with E-state index in [9.17, 15) is 9.59 Å². The summed E-state index contributed by atoms with van der Waals surface area (Å²) in [4.78, 5) is 26.9. The van der Waals surface area contributed by atoms with Crippen LogP contribution in [-0.2, 0) is 0 Å². The van der Waals surface area contributed by atoms with E-state index in [1.54, 1.807) is 24.4 Å². The second kappa shape index (κ2) is 6.58. The van der Waals surface area contributed by atoms with Crippen molar-refractivity contribution in [3.8, 4) is 11.5 Å². The fourth-order valence-electron chi connectivity index (χ4n) is 2.53. The van der Waals surface area contributed by atoms with Gasteiger partial charge in [-0.15, -0.1) is 0 Å². The van der Waals surface area contributed by atoms with Crippen molar-refractivity contribution in [1.29, 1.82) is 0 Å². The Bertz CT molecular complexity index is 911. The number of ether oxygens (including phenoxy) is 2. The summed E-state index contributed by atoms with van der Waals surface area (Å²) < 4.78 is 10.8. The SMILES string of the molecule is COc1cc(C(C)=O)ccc1OCC(=O)c1c[nH]c2ccccc12. The van der Waals surface area contributed by atoms with Crippen LogP contribution in [0.5, 0.6) is 11.5 Å². The van der Waals surface area contributed by atoms with Crippen LogP contribution in [0.15, 0.2) is 48.7 Å². The Morgan fingerprint density at radius 2 is 1.88 bits per heavy atom. The van der Waals surface area contributed by atoms with Gasteiger partial charge in [0.1, 0.15) is 0 Å². The molecule has 0 saturated heterocycles. The fraction of sp³-hybridized carbons (Fsp3) is 0.158. The summed E-state index contributed by atoms with van der Waals surface area (Å²) in [6, 6.07) is 12.5. The van der Waals surface area contributed by atoms with Gasteiger partial charge in [-0.3, -0.25) is 9.59 Å². The third-order valence-corrected chi connectivity index (χ3v) is 3.82. The summed E-state index contributed by atoms with van der Waals surface area (Å²) in [7, 11) is 1.49. The molecule has 0 amide bonds. The Labute approximate surface area is 139 Å². The zero-order valence-electron chi connectivity index (χ0n) is 13.5. The Morgan fingerprint density at radius 3 is 2.62 bits per heavy atom. The molecule has 0 unspecified atom stereocenters. The largest absolute Gasteiger partial charge is 0.493 e. The van der Waals surface area contributed by atoms with E-state index in [4.69, 9.17) is 9.47 Å². The summed E-state index contributed by atoms with van der Waals surface area (Å²) in [5, 5.41) is 0.866. The number of fused-ring (bicyclic) bond motifs is 1. The quantitative estimate of drug-likeness (QED) is 0.703. The molecule has 0 aliphatic heterocycles. The molecule has 0 saturated carbocycles. The van der Waals surface area contributed by atoms with Crippen LogP contribution in [0.3, 0.4) is 0 Å². The first-order valence-corrected chi connectivity index (χ1v) is 7.51. The third-order valence-electron chi connectivity index (χ3n) is 3.82. The van der Waals surface area contributed by atoms with Crippen molar-refractivity contribution < 1.29 is 19.1 Å². The van der Waals surface area contributed by atoms with Gasteiger partial charge in [-0.1, -0.05) is 18.2 Å². The second-order valence-electron chi connectivity index (χ2n) is 5.38. The molecule has 0 bridgehead atoms. The predicted molar refractivity (Wildman–Crippen MR) is 91.1 cm³/mol. The molecule has 2 aromatic carbocycles. The molecular weight excluding hydrogens is 306 g/mol. The molecule has 5 heteroatoms. The number of Topliss-reactive ketones (excluding diaryl/α,β-unsaturated/α-hetero) is 2. The number of H-pyrrole nitrogens is 1.